The number of piperazine rings is 2. The Morgan fingerprint density at radius 1 is 1.00 bits per heavy atom. The molecule has 1 aromatic carbocycles. The van der Waals surface area contributed by atoms with Crippen LogP contribution >= 0.6 is 0 Å². The standard InChI is InChI=1S/C25H35N7O2/c1-19-3-4-21(23(17-19)30-15-13-29(14-16-30)22-5-6-22)18-28-9-11-31(12-10-28)25(34)32-8-7-24(27-32)26-20(2)33/h3-4,7-8,17,22H,5-6,9-16,18H2,1-2H3,(H,26,27,33). The van der Waals surface area contributed by atoms with Gasteiger partial charge in [0.15, 0.2) is 5.82 Å². The topological polar surface area (TPSA) is 77.0 Å². The summed E-state index contributed by atoms with van der Waals surface area (Å²) in [5.74, 6) is 0.191. The molecule has 2 saturated heterocycles. The summed E-state index contributed by atoms with van der Waals surface area (Å²) < 4.78 is 1.31. The van der Waals surface area contributed by atoms with Gasteiger partial charge >= 0.3 is 6.03 Å². The van der Waals surface area contributed by atoms with E-state index < -0.39 is 0 Å². The lowest BCUT2D eigenvalue weighted by Gasteiger charge is -2.38. The van der Waals surface area contributed by atoms with Gasteiger partial charge in [-0.15, -0.1) is 5.10 Å². The summed E-state index contributed by atoms with van der Waals surface area (Å²) in [6, 6.07) is 9.16. The molecule has 1 saturated carbocycles. The van der Waals surface area contributed by atoms with E-state index >= 15 is 0 Å². The monoisotopic (exact) mass is 465 g/mol. The predicted molar refractivity (Wildman–Crippen MR) is 132 cm³/mol. The maximum atomic E-state index is 12.8. The van der Waals surface area contributed by atoms with Crippen molar-refractivity contribution in [2.24, 2.45) is 0 Å². The maximum absolute atomic E-state index is 12.8. The first kappa shape index (κ1) is 22.9. The molecule has 0 spiro atoms. The quantitative estimate of drug-likeness (QED) is 0.730. The smallest absolute Gasteiger partial charge is 0.344 e. The molecule has 2 aliphatic heterocycles. The molecule has 3 heterocycles. The van der Waals surface area contributed by atoms with Gasteiger partial charge in [-0.2, -0.15) is 4.68 Å². The number of aromatic nitrogens is 2. The van der Waals surface area contributed by atoms with Crippen LogP contribution in [0, 0.1) is 6.92 Å². The van der Waals surface area contributed by atoms with Crippen LogP contribution in [0.1, 0.15) is 30.9 Å². The second kappa shape index (κ2) is 9.76. The summed E-state index contributed by atoms with van der Waals surface area (Å²) in [6.45, 7) is 12.0. The zero-order valence-corrected chi connectivity index (χ0v) is 20.2. The van der Waals surface area contributed by atoms with E-state index in [9.17, 15) is 9.59 Å². The van der Waals surface area contributed by atoms with E-state index in [0.717, 1.165) is 51.9 Å². The van der Waals surface area contributed by atoms with Crippen LogP contribution in [-0.2, 0) is 11.3 Å². The summed E-state index contributed by atoms with van der Waals surface area (Å²) in [5.41, 5.74) is 4.05. The Morgan fingerprint density at radius 2 is 1.74 bits per heavy atom. The van der Waals surface area contributed by atoms with Crippen LogP contribution in [0.3, 0.4) is 0 Å². The molecule has 0 radical (unpaired) electrons. The first-order chi connectivity index (χ1) is 16.5. The lowest BCUT2D eigenvalue weighted by Crippen LogP contribution is -2.50. The average molecular weight is 466 g/mol. The van der Waals surface area contributed by atoms with Crippen LogP contribution in [0.25, 0.3) is 0 Å². The maximum Gasteiger partial charge on any atom is 0.344 e. The van der Waals surface area contributed by atoms with Crippen LogP contribution in [-0.4, -0.2) is 94.8 Å². The summed E-state index contributed by atoms with van der Waals surface area (Å²) in [7, 11) is 0. The molecule has 2 aromatic rings. The third-order valence-corrected chi connectivity index (χ3v) is 7.08. The lowest BCUT2D eigenvalue weighted by atomic mass is 10.1. The number of nitrogens with zero attached hydrogens (tertiary/aromatic N) is 6. The summed E-state index contributed by atoms with van der Waals surface area (Å²) in [6.07, 6.45) is 4.35. The SMILES string of the molecule is CC(=O)Nc1ccn(C(=O)N2CCN(Cc3ccc(C)cc3N3CCN(C4CC4)CC3)CC2)n1. The van der Waals surface area contributed by atoms with Crippen molar-refractivity contribution in [2.75, 3.05) is 62.6 Å². The van der Waals surface area contributed by atoms with Gasteiger partial charge < -0.3 is 15.1 Å². The van der Waals surface area contributed by atoms with Crippen molar-refractivity contribution in [1.82, 2.24) is 24.5 Å². The second-order valence-corrected chi connectivity index (χ2v) is 9.76. The van der Waals surface area contributed by atoms with Gasteiger partial charge in [0.25, 0.3) is 0 Å². The van der Waals surface area contributed by atoms with Crippen molar-refractivity contribution >= 4 is 23.4 Å². The molecule has 3 fully saturated rings. The van der Waals surface area contributed by atoms with Crippen LogP contribution in [0.5, 0.6) is 0 Å². The van der Waals surface area contributed by atoms with Crippen molar-refractivity contribution in [2.45, 2.75) is 39.3 Å². The minimum absolute atomic E-state index is 0.152. The largest absolute Gasteiger partial charge is 0.369 e. The molecule has 0 bridgehead atoms. The van der Waals surface area contributed by atoms with E-state index in [-0.39, 0.29) is 11.9 Å². The molecule has 9 nitrogen and oxygen atoms in total. The van der Waals surface area contributed by atoms with Gasteiger partial charge in [0, 0.05) is 89.8 Å². The highest BCUT2D eigenvalue weighted by atomic mass is 16.2. The zero-order chi connectivity index (χ0) is 23.7. The first-order valence-corrected chi connectivity index (χ1v) is 12.4. The number of aryl methyl sites for hydroxylation is 1. The molecule has 0 unspecified atom stereocenters. The van der Waals surface area contributed by atoms with Crippen molar-refractivity contribution in [1.29, 1.82) is 0 Å². The Kier molecular flexibility index (Phi) is 6.56. The van der Waals surface area contributed by atoms with Crippen molar-refractivity contribution in [3.8, 4) is 0 Å². The number of rotatable bonds is 5. The fraction of sp³-hybridized carbons (Fsp3) is 0.560. The number of amides is 2. The minimum atomic E-state index is -0.202. The van der Waals surface area contributed by atoms with Crippen molar-refractivity contribution in [3.63, 3.8) is 0 Å². The molecule has 2 amide bonds. The van der Waals surface area contributed by atoms with Crippen LogP contribution < -0.4 is 10.2 Å². The van der Waals surface area contributed by atoms with Gasteiger partial charge in [-0.1, -0.05) is 12.1 Å². The highest BCUT2D eigenvalue weighted by Gasteiger charge is 2.32. The number of benzene rings is 1. The Morgan fingerprint density at radius 3 is 2.41 bits per heavy atom. The van der Waals surface area contributed by atoms with E-state index in [0.29, 0.717) is 18.9 Å². The predicted octanol–water partition coefficient (Wildman–Crippen LogP) is 2.22. The van der Waals surface area contributed by atoms with Gasteiger partial charge in [0.2, 0.25) is 5.91 Å². The Labute approximate surface area is 201 Å². The minimum Gasteiger partial charge on any atom is -0.369 e. The normalized spacial score (nSPS) is 19.9. The Bertz CT molecular complexity index is 1030. The van der Waals surface area contributed by atoms with Crippen LogP contribution in [0.15, 0.2) is 30.5 Å². The van der Waals surface area contributed by atoms with Gasteiger partial charge in [0.1, 0.15) is 0 Å². The van der Waals surface area contributed by atoms with E-state index in [1.54, 1.807) is 12.3 Å². The fourth-order valence-corrected chi connectivity index (χ4v) is 5.03. The third-order valence-electron chi connectivity index (χ3n) is 7.08. The van der Waals surface area contributed by atoms with Gasteiger partial charge in [0.05, 0.1) is 0 Å². The van der Waals surface area contributed by atoms with Crippen LogP contribution in [0.2, 0.25) is 0 Å². The van der Waals surface area contributed by atoms with E-state index in [2.05, 4.69) is 50.2 Å². The molecule has 1 aromatic heterocycles. The number of carbonyl (C=O) groups excluding carboxylic acids is 2. The van der Waals surface area contributed by atoms with E-state index in [1.807, 2.05) is 4.90 Å². The van der Waals surface area contributed by atoms with E-state index in [1.165, 1.54) is 41.3 Å². The third kappa shape index (κ3) is 5.26. The molecule has 9 heteroatoms. The lowest BCUT2D eigenvalue weighted by molar-refractivity contribution is -0.114. The number of anilines is 2. The van der Waals surface area contributed by atoms with Crippen molar-refractivity contribution in [3.05, 3.63) is 41.6 Å². The second-order valence-electron chi connectivity index (χ2n) is 9.76. The summed E-state index contributed by atoms with van der Waals surface area (Å²) in [4.78, 5) is 33.5. The molecule has 3 aliphatic rings. The molecular weight excluding hydrogens is 430 g/mol. The number of carbonyl (C=O) groups is 2. The van der Waals surface area contributed by atoms with Gasteiger partial charge in [-0.05, 0) is 37.0 Å². The molecule has 34 heavy (non-hydrogen) atoms. The molecular formula is C25H35N7O2. The highest BCUT2D eigenvalue weighted by molar-refractivity contribution is 5.88. The van der Waals surface area contributed by atoms with E-state index in [4.69, 9.17) is 0 Å². The zero-order valence-electron chi connectivity index (χ0n) is 20.2. The number of hydrogen-bond acceptors (Lipinski definition) is 6. The van der Waals surface area contributed by atoms with Gasteiger partial charge in [-0.3, -0.25) is 14.6 Å². The molecule has 182 valence electrons. The molecule has 1 aliphatic carbocycles. The summed E-state index contributed by atoms with van der Waals surface area (Å²) >= 11 is 0. The highest BCUT2D eigenvalue weighted by Crippen LogP contribution is 2.30. The molecule has 1 N–H and O–H groups in total. The van der Waals surface area contributed by atoms with Gasteiger partial charge in [-0.25, -0.2) is 4.79 Å². The Hall–Kier alpha value is -2.91. The summed E-state index contributed by atoms with van der Waals surface area (Å²) in [5, 5.41) is 6.78. The fourth-order valence-electron chi connectivity index (χ4n) is 5.03. The average Bonchev–Trinajstić information content (AvgIpc) is 3.59. The molecule has 5 rings (SSSR count). The molecule has 0 atom stereocenters. The number of nitrogens with one attached hydrogen (secondary N) is 1. The Balaban J connectivity index is 1.17. The van der Waals surface area contributed by atoms with Crippen molar-refractivity contribution < 1.29 is 9.59 Å². The number of hydrogen-bond donors (Lipinski definition) is 1. The van der Waals surface area contributed by atoms with Crippen LogP contribution in [0.4, 0.5) is 16.3 Å². The first-order valence-electron chi connectivity index (χ1n) is 12.4.